The molecule has 0 aromatic rings. The molecule has 0 fully saturated rings. The smallest absolute Gasteiger partial charge is 0.189 e. The van der Waals surface area contributed by atoms with E-state index in [1.54, 1.807) is 6.08 Å². The van der Waals surface area contributed by atoms with Gasteiger partial charge in [-0.1, -0.05) is 20.3 Å². The molecule has 0 unspecified atom stereocenters. The van der Waals surface area contributed by atoms with Gasteiger partial charge >= 0.3 is 0 Å². The molecule has 76 valence electrons. The zero-order chi connectivity index (χ0) is 9.94. The summed E-state index contributed by atoms with van der Waals surface area (Å²) in [5, 5.41) is 0. The van der Waals surface area contributed by atoms with Crippen LogP contribution in [0.2, 0.25) is 0 Å². The summed E-state index contributed by atoms with van der Waals surface area (Å²) in [4.78, 5) is 10.4. The van der Waals surface area contributed by atoms with Gasteiger partial charge in [-0.15, -0.1) is 0 Å². The summed E-state index contributed by atoms with van der Waals surface area (Å²) in [5.41, 5.74) is 0. The molecule has 3 heteroatoms. The molecular formula is C10H18O3. The molecule has 0 aliphatic rings. The lowest BCUT2D eigenvalue weighted by molar-refractivity contribution is -0.111. The number of rotatable bonds is 8. The first-order valence-corrected chi connectivity index (χ1v) is 4.71. The van der Waals surface area contributed by atoms with Crippen molar-refractivity contribution in [3.8, 4) is 0 Å². The topological polar surface area (TPSA) is 35.5 Å². The third-order valence-electron chi connectivity index (χ3n) is 1.41. The SMILES string of the molecule is CCC/C=C(\C=O)OCOCCC. The molecule has 0 spiro atoms. The van der Waals surface area contributed by atoms with Crippen LogP contribution in [0.4, 0.5) is 0 Å². The van der Waals surface area contributed by atoms with Gasteiger partial charge in [-0.3, -0.25) is 4.79 Å². The monoisotopic (exact) mass is 186 g/mol. The summed E-state index contributed by atoms with van der Waals surface area (Å²) in [7, 11) is 0. The molecule has 0 heterocycles. The fraction of sp³-hybridized carbons (Fsp3) is 0.700. The number of aldehydes is 1. The molecule has 0 bridgehead atoms. The third kappa shape index (κ3) is 7.53. The Morgan fingerprint density at radius 2 is 2.08 bits per heavy atom. The van der Waals surface area contributed by atoms with E-state index in [9.17, 15) is 4.79 Å². The Balaban J connectivity index is 3.53. The van der Waals surface area contributed by atoms with E-state index in [0.29, 0.717) is 18.7 Å². The van der Waals surface area contributed by atoms with Crippen molar-refractivity contribution in [2.45, 2.75) is 33.1 Å². The first-order valence-electron chi connectivity index (χ1n) is 4.71. The van der Waals surface area contributed by atoms with Crippen LogP contribution in [-0.2, 0) is 14.3 Å². The van der Waals surface area contributed by atoms with Gasteiger partial charge in [-0.05, 0) is 18.9 Å². The number of hydrogen-bond acceptors (Lipinski definition) is 3. The Morgan fingerprint density at radius 1 is 1.31 bits per heavy atom. The summed E-state index contributed by atoms with van der Waals surface area (Å²) < 4.78 is 10.1. The predicted molar refractivity (Wildman–Crippen MR) is 51.3 cm³/mol. The van der Waals surface area contributed by atoms with Crippen molar-refractivity contribution < 1.29 is 14.3 Å². The second-order valence-corrected chi connectivity index (χ2v) is 2.68. The number of carbonyl (C=O) groups excluding carboxylic acids is 1. The van der Waals surface area contributed by atoms with Crippen molar-refractivity contribution in [2.75, 3.05) is 13.4 Å². The summed E-state index contributed by atoms with van der Waals surface area (Å²) in [5.74, 6) is 0.373. The number of allylic oxidation sites excluding steroid dienone is 2. The molecule has 0 aliphatic heterocycles. The van der Waals surface area contributed by atoms with Crippen LogP contribution in [0.5, 0.6) is 0 Å². The standard InChI is InChI=1S/C10H18O3/c1-3-5-6-10(8-11)13-9-12-7-4-2/h6,8H,3-5,7,9H2,1-2H3/b10-6+. The zero-order valence-electron chi connectivity index (χ0n) is 8.41. The highest BCUT2D eigenvalue weighted by atomic mass is 16.7. The molecule has 0 saturated heterocycles. The first-order chi connectivity index (χ1) is 6.35. The second-order valence-electron chi connectivity index (χ2n) is 2.68. The van der Waals surface area contributed by atoms with Crippen LogP contribution < -0.4 is 0 Å². The maximum absolute atomic E-state index is 10.4. The van der Waals surface area contributed by atoms with Crippen molar-refractivity contribution in [3.05, 3.63) is 11.8 Å². The van der Waals surface area contributed by atoms with Crippen LogP contribution >= 0.6 is 0 Å². The Hall–Kier alpha value is -0.830. The van der Waals surface area contributed by atoms with Gasteiger partial charge in [0.05, 0.1) is 6.61 Å². The Labute approximate surface area is 79.7 Å². The number of unbranched alkanes of at least 4 members (excludes halogenated alkanes) is 1. The number of ether oxygens (including phenoxy) is 2. The normalized spacial score (nSPS) is 11.4. The minimum absolute atomic E-state index is 0.169. The molecule has 0 atom stereocenters. The van der Waals surface area contributed by atoms with Crippen molar-refractivity contribution in [3.63, 3.8) is 0 Å². The van der Waals surface area contributed by atoms with Crippen molar-refractivity contribution in [1.29, 1.82) is 0 Å². The van der Waals surface area contributed by atoms with E-state index in [-0.39, 0.29) is 6.79 Å². The molecule has 0 aromatic heterocycles. The minimum atomic E-state index is 0.169. The highest BCUT2D eigenvalue weighted by Gasteiger charge is 1.94. The number of carbonyl (C=O) groups is 1. The van der Waals surface area contributed by atoms with Crippen molar-refractivity contribution >= 4 is 6.29 Å². The first kappa shape index (κ1) is 12.2. The van der Waals surface area contributed by atoms with Crippen molar-refractivity contribution in [1.82, 2.24) is 0 Å². The Morgan fingerprint density at radius 3 is 2.62 bits per heavy atom. The maximum atomic E-state index is 10.4. The van der Waals surface area contributed by atoms with Crippen LogP contribution in [0.25, 0.3) is 0 Å². The van der Waals surface area contributed by atoms with E-state index in [1.807, 2.05) is 13.8 Å². The van der Waals surface area contributed by atoms with E-state index in [2.05, 4.69) is 0 Å². The summed E-state index contributed by atoms with van der Waals surface area (Å²) in [6.07, 6.45) is 5.32. The van der Waals surface area contributed by atoms with E-state index in [4.69, 9.17) is 9.47 Å². The predicted octanol–water partition coefficient (Wildman–Crippen LogP) is 2.27. The fourth-order valence-electron chi connectivity index (χ4n) is 0.741. The zero-order valence-corrected chi connectivity index (χ0v) is 8.41. The summed E-state index contributed by atoms with van der Waals surface area (Å²) in [6.45, 7) is 4.90. The quantitative estimate of drug-likeness (QED) is 0.192. The highest BCUT2D eigenvalue weighted by Crippen LogP contribution is 1.98. The summed E-state index contributed by atoms with van der Waals surface area (Å²) >= 11 is 0. The van der Waals surface area contributed by atoms with Gasteiger partial charge in [-0.25, -0.2) is 0 Å². The van der Waals surface area contributed by atoms with Crippen LogP contribution in [0.3, 0.4) is 0 Å². The lowest BCUT2D eigenvalue weighted by Crippen LogP contribution is -2.01. The lowest BCUT2D eigenvalue weighted by Gasteiger charge is -2.04. The molecule has 0 radical (unpaired) electrons. The van der Waals surface area contributed by atoms with E-state index in [1.165, 1.54) is 0 Å². The molecule has 3 nitrogen and oxygen atoms in total. The lowest BCUT2D eigenvalue weighted by atomic mass is 10.3. The van der Waals surface area contributed by atoms with Gasteiger partial charge in [0.2, 0.25) is 0 Å². The number of hydrogen-bond donors (Lipinski definition) is 0. The molecule has 0 aromatic carbocycles. The van der Waals surface area contributed by atoms with Gasteiger partial charge in [0.25, 0.3) is 0 Å². The van der Waals surface area contributed by atoms with E-state index >= 15 is 0 Å². The van der Waals surface area contributed by atoms with Gasteiger partial charge in [0.15, 0.2) is 18.8 Å². The average Bonchev–Trinajstić information content (AvgIpc) is 2.17. The largest absolute Gasteiger partial charge is 0.464 e. The van der Waals surface area contributed by atoms with Gasteiger partial charge in [0, 0.05) is 0 Å². The van der Waals surface area contributed by atoms with E-state index < -0.39 is 0 Å². The van der Waals surface area contributed by atoms with Gasteiger partial charge < -0.3 is 9.47 Å². The molecule has 0 saturated carbocycles. The molecule has 0 amide bonds. The Bertz CT molecular complexity index is 152. The van der Waals surface area contributed by atoms with Crippen molar-refractivity contribution in [2.24, 2.45) is 0 Å². The van der Waals surface area contributed by atoms with Gasteiger partial charge in [-0.2, -0.15) is 0 Å². The summed E-state index contributed by atoms with van der Waals surface area (Å²) in [6, 6.07) is 0. The minimum Gasteiger partial charge on any atom is -0.464 e. The maximum Gasteiger partial charge on any atom is 0.189 e. The second kappa shape index (κ2) is 9.26. The van der Waals surface area contributed by atoms with E-state index in [0.717, 1.165) is 19.3 Å². The molecule has 0 aliphatic carbocycles. The third-order valence-corrected chi connectivity index (χ3v) is 1.41. The molecular weight excluding hydrogens is 168 g/mol. The van der Waals surface area contributed by atoms with Crippen LogP contribution in [0.1, 0.15) is 33.1 Å². The molecule has 13 heavy (non-hydrogen) atoms. The van der Waals surface area contributed by atoms with Crippen LogP contribution in [0, 0.1) is 0 Å². The highest BCUT2D eigenvalue weighted by molar-refractivity contribution is 5.69. The molecule has 0 rings (SSSR count). The van der Waals surface area contributed by atoms with Crippen LogP contribution in [-0.4, -0.2) is 19.7 Å². The molecule has 0 N–H and O–H groups in total. The van der Waals surface area contributed by atoms with Crippen LogP contribution in [0.15, 0.2) is 11.8 Å². The fourth-order valence-corrected chi connectivity index (χ4v) is 0.741. The van der Waals surface area contributed by atoms with Gasteiger partial charge in [0.1, 0.15) is 0 Å². The Kier molecular flexibility index (Phi) is 8.67. The average molecular weight is 186 g/mol.